The first kappa shape index (κ1) is 19.9. The number of hydrogen-bond acceptors (Lipinski definition) is 3. The molecule has 132 valence electrons. The number of aliphatic hydroxyl groups excluding tert-OH is 1. The van der Waals surface area contributed by atoms with E-state index in [0.717, 1.165) is 12.8 Å². The first-order valence-electron chi connectivity index (χ1n) is 9.65. The molecule has 0 aromatic carbocycles. The van der Waals surface area contributed by atoms with Gasteiger partial charge in [0.15, 0.2) is 11.6 Å². The zero-order chi connectivity index (χ0) is 16.9. The standard InChI is InChI=1S/C20H34O3/c1-2-3-4-5-6-7-8-9-10-11-12-14-17(21)20-18(22)15-13-16-19(20)23/h21H,2-16H2,1H3. The van der Waals surface area contributed by atoms with E-state index in [4.69, 9.17) is 0 Å². The van der Waals surface area contributed by atoms with E-state index < -0.39 is 0 Å². The molecule has 1 rings (SSSR count). The maximum absolute atomic E-state index is 11.7. The molecule has 1 fully saturated rings. The van der Waals surface area contributed by atoms with Crippen LogP contribution in [-0.4, -0.2) is 16.7 Å². The quantitative estimate of drug-likeness (QED) is 0.213. The highest BCUT2D eigenvalue weighted by molar-refractivity contribution is 6.21. The summed E-state index contributed by atoms with van der Waals surface area (Å²) in [4.78, 5) is 23.4. The lowest BCUT2D eigenvalue weighted by Crippen LogP contribution is -2.20. The van der Waals surface area contributed by atoms with Crippen LogP contribution in [0.1, 0.15) is 103 Å². The average molecular weight is 322 g/mol. The number of Topliss-reactive ketones (excluding diaryl/α,β-unsaturated/α-hetero) is 2. The van der Waals surface area contributed by atoms with Gasteiger partial charge in [-0.2, -0.15) is 0 Å². The highest BCUT2D eigenvalue weighted by Crippen LogP contribution is 2.22. The van der Waals surface area contributed by atoms with Crippen molar-refractivity contribution in [1.82, 2.24) is 0 Å². The second-order valence-electron chi connectivity index (χ2n) is 6.81. The van der Waals surface area contributed by atoms with E-state index in [1.54, 1.807) is 0 Å². The van der Waals surface area contributed by atoms with Gasteiger partial charge in [0.25, 0.3) is 0 Å². The molecule has 0 bridgehead atoms. The number of unbranched alkanes of at least 4 members (excludes halogenated alkanes) is 10. The third-order valence-electron chi connectivity index (χ3n) is 4.67. The van der Waals surface area contributed by atoms with Crippen molar-refractivity contribution in [2.45, 2.75) is 103 Å². The molecule has 1 N–H and O–H groups in total. The highest BCUT2D eigenvalue weighted by atomic mass is 16.3. The molecule has 0 radical (unpaired) electrons. The topological polar surface area (TPSA) is 54.4 Å². The van der Waals surface area contributed by atoms with Crippen molar-refractivity contribution in [1.29, 1.82) is 0 Å². The maximum Gasteiger partial charge on any atom is 0.169 e. The number of carbonyl (C=O) groups excluding carboxylic acids is 2. The summed E-state index contributed by atoms with van der Waals surface area (Å²) in [7, 11) is 0. The van der Waals surface area contributed by atoms with Gasteiger partial charge in [-0.1, -0.05) is 71.1 Å². The van der Waals surface area contributed by atoms with E-state index >= 15 is 0 Å². The van der Waals surface area contributed by atoms with Gasteiger partial charge in [0.1, 0.15) is 5.76 Å². The lowest BCUT2D eigenvalue weighted by molar-refractivity contribution is -0.124. The highest BCUT2D eigenvalue weighted by Gasteiger charge is 2.26. The van der Waals surface area contributed by atoms with E-state index in [0.29, 0.717) is 25.7 Å². The lowest BCUT2D eigenvalue weighted by atomic mass is 9.90. The van der Waals surface area contributed by atoms with Crippen LogP contribution in [0.3, 0.4) is 0 Å². The summed E-state index contributed by atoms with van der Waals surface area (Å²) in [6.45, 7) is 2.24. The summed E-state index contributed by atoms with van der Waals surface area (Å²) >= 11 is 0. The molecule has 0 aromatic rings. The Balaban J connectivity index is 2.04. The first-order chi connectivity index (χ1) is 11.2. The number of carbonyl (C=O) groups is 2. The molecule has 0 atom stereocenters. The third-order valence-corrected chi connectivity index (χ3v) is 4.67. The molecule has 1 saturated carbocycles. The Morgan fingerprint density at radius 3 is 1.70 bits per heavy atom. The Hall–Kier alpha value is -1.12. The predicted molar refractivity (Wildman–Crippen MR) is 94.6 cm³/mol. The van der Waals surface area contributed by atoms with E-state index in [1.165, 1.54) is 57.8 Å². The van der Waals surface area contributed by atoms with Gasteiger partial charge in [0.05, 0.1) is 5.57 Å². The van der Waals surface area contributed by atoms with Crippen LogP contribution in [0.5, 0.6) is 0 Å². The number of hydrogen-bond donors (Lipinski definition) is 1. The molecular formula is C20H34O3. The maximum atomic E-state index is 11.7. The molecule has 0 heterocycles. The van der Waals surface area contributed by atoms with Crippen molar-refractivity contribution in [3.63, 3.8) is 0 Å². The van der Waals surface area contributed by atoms with E-state index in [2.05, 4.69) is 6.92 Å². The van der Waals surface area contributed by atoms with E-state index in [-0.39, 0.29) is 22.9 Å². The van der Waals surface area contributed by atoms with E-state index in [9.17, 15) is 14.7 Å². The van der Waals surface area contributed by atoms with Crippen LogP contribution in [0, 0.1) is 0 Å². The molecule has 3 nitrogen and oxygen atoms in total. The second-order valence-corrected chi connectivity index (χ2v) is 6.81. The summed E-state index contributed by atoms with van der Waals surface area (Å²) in [5, 5.41) is 10.00. The zero-order valence-corrected chi connectivity index (χ0v) is 14.9. The average Bonchev–Trinajstić information content (AvgIpc) is 2.52. The molecule has 0 amide bonds. The number of rotatable bonds is 12. The molecular weight excluding hydrogens is 288 g/mol. The smallest absolute Gasteiger partial charge is 0.169 e. The van der Waals surface area contributed by atoms with Gasteiger partial charge in [-0.25, -0.2) is 0 Å². The first-order valence-corrected chi connectivity index (χ1v) is 9.65. The summed E-state index contributed by atoms with van der Waals surface area (Å²) in [5.74, 6) is -0.292. The molecule has 0 saturated heterocycles. The van der Waals surface area contributed by atoms with Crippen molar-refractivity contribution in [2.24, 2.45) is 0 Å². The summed E-state index contributed by atoms with van der Waals surface area (Å²) in [6.07, 6.45) is 15.7. The molecule has 1 aliphatic carbocycles. The minimum Gasteiger partial charge on any atom is -0.511 e. The molecule has 3 heteroatoms. The van der Waals surface area contributed by atoms with Crippen molar-refractivity contribution in [3.05, 3.63) is 11.3 Å². The molecule has 0 unspecified atom stereocenters. The van der Waals surface area contributed by atoms with Crippen LogP contribution in [0.2, 0.25) is 0 Å². The number of allylic oxidation sites excluding steroid dienone is 2. The number of ketones is 2. The fraction of sp³-hybridized carbons (Fsp3) is 0.800. The Bertz CT molecular complexity index is 378. The largest absolute Gasteiger partial charge is 0.511 e. The van der Waals surface area contributed by atoms with Gasteiger partial charge < -0.3 is 5.11 Å². The van der Waals surface area contributed by atoms with Crippen LogP contribution < -0.4 is 0 Å². The van der Waals surface area contributed by atoms with Crippen molar-refractivity contribution >= 4 is 11.6 Å². The van der Waals surface area contributed by atoms with Crippen LogP contribution >= 0.6 is 0 Å². The molecule has 23 heavy (non-hydrogen) atoms. The fourth-order valence-corrected chi connectivity index (χ4v) is 3.22. The third kappa shape index (κ3) is 8.34. The molecule has 0 spiro atoms. The Kier molecular flexibility index (Phi) is 10.7. The second kappa shape index (κ2) is 12.3. The normalized spacial score (nSPS) is 15.3. The minimum absolute atomic E-state index is 0.0376. The Labute approximate surface area is 141 Å². The van der Waals surface area contributed by atoms with Crippen LogP contribution in [-0.2, 0) is 9.59 Å². The van der Waals surface area contributed by atoms with Crippen molar-refractivity contribution in [3.8, 4) is 0 Å². The lowest BCUT2D eigenvalue weighted by Gasteiger charge is -2.13. The van der Waals surface area contributed by atoms with Crippen molar-refractivity contribution < 1.29 is 14.7 Å². The van der Waals surface area contributed by atoms with Gasteiger partial charge in [-0.05, 0) is 12.8 Å². The van der Waals surface area contributed by atoms with E-state index in [1.807, 2.05) is 0 Å². The number of aliphatic hydroxyl groups is 1. The van der Waals surface area contributed by atoms with Crippen LogP contribution in [0.15, 0.2) is 11.3 Å². The minimum atomic E-state index is -0.165. The Morgan fingerprint density at radius 2 is 1.22 bits per heavy atom. The predicted octanol–water partition coefficient (Wildman–Crippen LogP) is 5.82. The molecule has 0 aliphatic heterocycles. The summed E-state index contributed by atoms with van der Waals surface area (Å²) in [6, 6.07) is 0. The van der Waals surface area contributed by atoms with Gasteiger partial charge in [0, 0.05) is 19.3 Å². The molecule has 0 aromatic heterocycles. The van der Waals surface area contributed by atoms with Crippen LogP contribution in [0.4, 0.5) is 0 Å². The van der Waals surface area contributed by atoms with Gasteiger partial charge in [0.2, 0.25) is 0 Å². The van der Waals surface area contributed by atoms with Crippen LogP contribution in [0.25, 0.3) is 0 Å². The Morgan fingerprint density at radius 1 is 0.783 bits per heavy atom. The SMILES string of the molecule is CCCCCCCCCCCCCC(O)=C1C(=O)CCCC1=O. The molecule has 1 aliphatic rings. The summed E-state index contributed by atoms with van der Waals surface area (Å²) < 4.78 is 0. The van der Waals surface area contributed by atoms with Gasteiger partial charge in [-0.15, -0.1) is 0 Å². The fourth-order valence-electron chi connectivity index (χ4n) is 3.22. The van der Waals surface area contributed by atoms with Gasteiger partial charge >= 0.3 is 0 Å². The zero-order valence-electron chi connectivity index (χ0n) is 14.9. The van der Waals surface area contributed by atoms with Gasteiger partial charge in [-0.3, -0.25) is 9.59 Å². The van der Waals surface area contributed by atoms with Crippen molar-refractivity contribution in [2.75, 3.05) is 0 Å². The monoisotopic (exact) mass is 322 g/mol. The summed E-state index contributed by atoms with van der Waals surface area (Å²) in [5.41, 5.74) is 0.100.